The fourth-order valence-electron chi connectivity index (χ4n) is 2.02. The second-order valence-corrected chi connectivity index (χ2v) is 4.83. The number of rotatable bonds is 8. The normalized spacial score (nSPS) is 11.3. The van der Waals surface area contributed by atoms with E-state index in [9.17, 15) is 4.79 Å². The van der Waals surface area contributed by atoms with E-state index in [2.05, 4.69) is 24.1 Å². The Hall–Kier alpha value is -0.740. The van der Waals surface area contributed by atoms with E-state index in [0.717, 1.165) is 37.4 Å². The number of hydrogen-bond acceptors (Lipinski definition) is 4. The van der Waals surface area contributed by atoms with Crippen molar-refractivity contribution in [2.45, 2.75) is 33.6 Å². The van der Waals surface area contributed by atoms with Gasteiger partial charge in [0.2, 0.25) is 5.43 Å². The van der Waals surface area contributed by atoms with E-state index in [1.165, 1.54) is 12.8 Å². The van der Waals surface area contributed by atoms with E-state index in [1.54, 1.807) is 0 Å². The van der Waals surface area contributed by atoms with Crippen molar-refractivity contribution in [3.05, 3.63) is 20.3 Å². The fourth-order valence-corrected chi connectivity index (χ4v) is 2.40. The van der Waals surface area contributed by atoms with Gasteiger partial charge in [0, 0.05) is 18.7 Å². The van der Waals surface area contributed by atoms with Crippen LogP contribution < -0.4 is 10.7 Å². The molecule has 1 aromatic rings. The van der Waals surface area contributed by atoms with E-state index in [-0.39, 0.29) is 5.43 Å². The maximum absolute atomic E-state index is 11.2. The van der Waals surface area contributed by atoms with Crippen molar-refractivity contribution in [2.75, 3.05) is 31.5 Å². The molecule has 0 saturated heterocycles. The van der Waals surface area contributed by atoms with Crippen LogP contribution in [0.25, 0.3) is 0 Å². The third kappa shape index (κ3) is 3.61. The molecular weight excluding hydrogens is 232 g/mol. The van der Waals surface area contributed by atoms with Gasteiger partial charge in [-0.2, -0.15) is 0 Å². The van der Waals surface area contributed by atoms with Gasteiger partial charge >= 0.3 is 0 Å². The molecule has 17 heavy (non-hydrogen) atoms. The molecular formula is C13H22N2OS. The summed E-state index contributed by atoms with van der Waals surface area (Å²) in [6, 6.07) is 0. The second kappa shape index (κ2) is 6.87. The molecule has 96 valence electrons. The summed E-state index contributed by atoms with van der Waals surface area (Å²) in [5.74, 6) is 0. The summed E-state index contributed by atoms with van der Waals surface area (Å²) in [7, 11) is 0. The van der Waals surface area contributed by atoms with Crippen LogP contribution in [0, 0.1) is 11.4 Å². The molecule has 3 nitrogen and oxygen atoms in total. The summed E-state index contributed by atoms with van der Waals surface area (Å²) < 4.78 is 0.472. The highest BCUT2D eigenvalue weighted by Crippen LogP contribution is 2.14. The molecule has 1 aromatic carbocycles. The van der Waals surface area contributed by atoms with E-state index < -0.39 is 0 Å². The van der Waals surface area contributed by atoms with E-state index in [1.807, 2.05) is 6.92 Å². The first-order valence-corrected chi connectivity index (χ1v) is 6.78. The van der Waals surface area contributed by atoms with Crippen molar-refractivity contribution in [2.24, 2.45) is 0 Å². The Balaban J connectivity index is 2.36. The van der Waals surface area contributed by atoms with E-state index >= 15 is 0 Å². The van der Waals surface area contributed by atoms with Crippen molar-refractivity contribution in [1.82, 2.24) is 4.90 Å². The van der Waals surface area contributed by atoms with Crippen LogP contribution in [0.3, 0.4) is 0 Å². The zero-order chi connectivity index (χ0) is 12.8. The summed E-state index contributed by atoms with van der Waals surface area (Å²) in [6.45, 7) is 10.4. The second-order valence-electron chi connectivity index (χ2n) is 4.43. The minimum absolute atomic E-state index is 0.0291. The number of nitrogens with one attached hydrogen (secondary N) is 1. The van der Waals surface area contributed by atoms with Crippen molar-refractivity contribution in [3.63, 3.8) is 0 Å². The first-order valence-electron chi connectivity index (χ1n) is 6.37. The molecule has 0 unspecified atom stereocenters. The van der Waals surface area contributed by atoms with Crippen LogP contribution in [0.15, 0.2) is 4.79 Å². The maximum atomic E-state index is 11.2. The summed E-state index contributed by atoms with van der Waals surface area (Å²) in [4.78, 5) is 13.7. The zero-order valence-corrected chi connectivity index (χ0v) is 11.8. The molecule has 0 aliphatic rings. The Labute approximate surface area is 109 Å². The molecule has 0 atom stereocenters. The average molecular weight is 254 g/mol. The van der Waals surface area contributed by atoms with Crippen molar-refractivity contribution < 1.29 is 0 Å². The Morgan fingerprint density at radius 2 is 1.76 bits per heavy atom. The minimum Gasteiger partial charge on any atom is -0.382 e. The molecule has 1 rings (SSSR count). The molecule has 1 N–H and O–H groups in total. The summed E-state index contributed by atoms with van der Waals surface area (Å²) in [5, 5.41) is 3.27. The Morgan fingerprint density at radius 1 is 1.18 bits per heavy atom. The third-order valence-electron chi connectivity index (χ3n) is 2.96. The van der Waals surface area contributed by atoms with Crippen LogP contribution in [0.5, 0.6) is 0 Å². The molecule has 0 fully saturated rings. The molecule has 0 spiro atoms. The molecule has 0 amide bonds. The van der Waals surface area contributed by atoms with Crippen LogP contribution in [-0.4, -0.2) is 31.1 Å². The lowest BCUT2D eigenvalue weighted by atomic mass is 10.1. The SMILES string of the molecule is CCCN(CCC)CCNc1c(C)c(=O)c1=S. The van der Waals surface area contributed by atoms with Crippen LogP contribution in [0.2, 0.25) is 0 Å². The average Bonchev–Trinajstić information content (AvgIpc) is 2.33. The standard InChI is InChI=1S/C13H22N2OS/c1-4-7-15(8-5-2)9-6-14-11-10(3)12(16)13(11)17/h14H,4-9H2,1-3H3. The van der Waals surface area contributed by atoms with Crippen molar-refractivity contribution >= 4 is 17.9 Å². The molecule has 4 heteroatoms. The van der Waals surface area contributed by atoms with Crippen molar-refractivity contribution in [1.29, 1.82) is 0 Å². The Bertz CT molecular complexity index is 415. The highest BCUT2D eigenvalue weighted by Gasteiger charge is 2.12. The lowest BCUT2D eigenvalue weighted by Crippen LogP contribution is -2.31. The van der Waals surface area contributed by atoms with Gasteiger partial charge in [-0.1, -0.05) is 26.1 Å². The van der Waals surface area contributed by atoms with Crippen molar-refractivity contribution in [3.8, 4) is 0 Å². The molecule has 0 saturated carbocycles. The lowest BCUT2D eigenvalue weighted by Gasteiger charge is -2.22. The van der Waals surface area contributed by atoms with Gasteiger partial charge in [-0.25, -0.2) is 0 Å². The number of anilines is 1. The first kappa shape index (κ1) is 14.3. The minimum atomic E-state index is 0.0291. The molecule has 0 aliphatic carbocycles. The topological polar surface area (TPSA) is 32.3 Å². The number of hydrogen-bond donors (Lipinski definition) is 1. The quantitative estimate of drug-likeness (QED) is 0.722. The van der Waals surface area contributed by atoms with Gasteiger partial charge in [-0.15, -0.1) is 0 Å². The molecule has 0 radical (unpaired) electrons. The first-order chi connectivity index (χ1) is 8.11. The molecule has 0 aromatic heterocycles. The fraction of sp³-hybridized carbons (Fsp3) is 0.692. The highest BCUT2D eigenvalue weighted by atomic mass is 32.1. The van der Waals surface area contributed by atoms with Crippen LogP contribution in [-0.2, 0) is 0 Å². The predicted octanol–water partition coefficient (Wildman–Crippen LogP) is 2.49. The smallest absolute Gasteiger partial charge is 0.203 e. The Morgan fingerprint density at radius 3 is 2.24 bits per heavy atom. The summed E-state index contributed by atoms with van der Waals surface area (Å²) >= 11 is 5.00. The van der Waals surface area contributed by atoms with Gasteiger partial charge in [-0.3, -0.25) is 4.79 Å². The van der Waals surface area contributed by atoms with Crippen LogP contribution in [0.1, 0.15) is 32.3 Å². The van der Waals surface area contributed by atoms with Gasteiger partial charge in [0.05, 0.1) is 5.69 Å². The summed E-state index contributed by atoms with van der Waals surface area (Å²) in [6.07, 6.45) is 2.36. The van der Waals surface area contributed by atoms with Gasteiger partial charge in [0.15, 0.2) is 0 Å². The number of nitrogens with zero attached hydrogens (tertiary/aromatic N) is 1. The Kier molecular flexibility index (Phi) is 5.78. The van der Waals surface area contributed by atoms with Gasteiger partial charge < -0.3 is 10.2 Å². The van der Waals surface area contributed by atoms with Gasteiger partial charge in [0.1, 0.15) is 4.51 Å². The monoisotopic (exact) mass is 254 g/mol. The van der Waals surface area contributed by atoms with Crippen LogP contribution >= 0.6 is 12.2 Å². The molecule has 0 bridgehead atoms. The summed E-state index contributed by atoms with van der Waals surface area (Å²) in [5.41, 5.74) is 1.70. The molecule has 0 aliphatic heterocycles. The maximum Gasteiger partial charge on any atom is 0.203 e. The van der Waals surface area contributed by atoms with Crippen LogP contribution in [0.4, 0.5) is 5.69 Å². The highest BCUT2D eigenvalue weighted by molar-refractivity contribution is 7.71. The lowest BCUT2D eigenvalue weighted by molar-refractivity contribution is 0.285. The van der Waals surface area contributed by atoms with E-state index in [4.69, 9.17) is 12.2 Å². The molecule has 0 heterocycles. The largest absolute Gasteiger partial charge is 0.382 e. The third-order valence-corrected chi connectivity index (χ3v) is 3.35. The predicted molar refractivity (Wildman–Crippen MR) is 76.2 cm³/mol. The van der Waals surface area contributed by atoms with Gasteiger partial charge in [0.25, 0.3) is 0 Å². The van der Waals surface area contributed by atoms with E-state index in [0.29, 0.717) is 4.51 Å². The van der Waals surface area contributed by atoms with Gasteiger partial charge in [-0.05, 0) is 32.9 Å². The zero-order valence-electron chi connectivity index (χ0n) is 11.0.